The first kappa shape index (κ1) is 20.6. The van der Waals surface area contributed by atoms with Gasteiger partial charge in [0, 0.05) is 24.2 Å². The van der Waals surface area contributed by atoms with E-state index < -0.39 is 10.0 Å². The highest BCUT2D eigenvalue weighted by molar-refractivity contribution is 7.89. The zero-order chi connectivity index (χ0) is 19.6. The molecule has 1 heterocycles. The van der Waals surface area contributed by atoms with E-state index in [-0.39, 0.29) is 29.3 Å². The lowest BCUT2D eigenvalue weighted by atomic mass is 9.85. The number of amides is 1. The third-order valence-electron chi connectivity index (χ3n) is 5.98. The van der Waals surface area contributed by atoms with Gasteiger partial charge in [-0.25, -0.2) is 8.42 Å². The summed E-state index contributed by atoms with van der Waals surface area (Å²) < 4.78 is 27.4. The molecule has 2 fully saturated rings. The van der Waals surface area contributed by atoms with E-state index in [4.69, 9.17) is 11.6 Å². The molecule has 1 aliphatic carbocycles. The van der Waals surface area contributed by atoms with Gasteiger partial charge in [0.05, 0.1) is 10.8 Å². The van der Waals surface area contributed by atoms with Crippen LogP contribution in [-0.4, -0.2) is 37.8 Å². The van der Waals surface area contributed by atoms with Crippen molar-refractivity contribution in [2.45, 2.75) is 63.3 Å². The third kappa shape index (κ3) is 4.66. The summed E-state index contributed by atoms with van der Waals surface area (Å²) in [7, 11) is -3.64. The first-order valence-corrected chi connectivity index (χ1v) is 11.7. The summed E-state index contributed by atoms with van der Waals surface area (Å²) in [6.07, 6.45) is 5.95. The van der Waals surface area contributed by atoms with Crippen molar-refractivity contribution in [2.75, 3.05) is 13.1 Å². The van der Waals surface area contributed by atoms with Crippen LogP contribution < -0.4 is 5.32 Å². The summed E-state index contributed by atoms with van der Waals surface area (Å²) in [5.41, 5.74) is 0.841. The number of piperidine rings is 1. The molecule has 0 radical (unpaired) electrons. The van der Waals surface area contributed by atoms with E-state index in [0.717, 1.165) is 31.2 Å². The van der Waals surface area contributed by atoms with Gasteiger partial charge in [-0.15, -0.1) is 0 Å². The van der Waals surface area contributed by atoms with Crippen LogP contribution in [0.1, 0.15) is 51.0 Å². The highest BCUT2D eigenvalue weighted by Gasteiger charge is 2.34. The molecule has 0 bridgehead atoms. The fraction of sp³-hybridized carbons (Fsp3) is 0.650. The minimum atomic E-state index is -3.64. The third-order valence-corrected chi connectivity index (χ3v) is 8.24. The molecule has 1 saturated heterocycles. The number of rotatable bonds is 4. The minimum Gasteiger partial charge on any atom is -0.353 e. The zero-order valence-electron chi connectivity index (χ0n) is 16.1. The van der Waals surface area contributed by atoms with Crippen molar-refractivity contribution < 1.29 is 13.2 Å². The largest absolute Gasteiger partial charge is 0.353 e. The maximum Gasteiger partial charge on any atom is 0.243 e. The molecule has 1 amide bonds. The molecule has 27 heavy (non-hydrogen) atoms. The minimum absolute atomic E-state index is 0.00408. The van der Waals surface area contributed by atoms with Gasteiger partial charge in [0.15, 0.2) is 0 Å². The maximum atomic E-state index is 13.0. The van der Waals surface area contributed by atoms with Gasteiger partial charge in [0.1, 0.15) is 0 Å². The second kappa shape index (κ2) is 8.50. The topological polar surface area (TPSA) is 66.5 Å². The Bertz CT molecular complexity index is 796. The van der Waals surface area contributed by atoms with Crippen molar-refractivity contribution in [3.63, 3.8) is 0 Å². The summed E-state index contributed by atoms with van der Waals surface area (Å²) in [6.45, 7) is 4.70. The Kier molecular flexibility index (Phi) is 6.49. The van der Waals surface area contributed by atoms with Gasteiger partial charge in [-0.05, 0) is 56.2 Å². The normalized spacial score (nSPS) is 27.3. The fourth-order valence-corrected chi connectivity index (χ4v) is 5.88. The first-order chi connectivity index (χ1) is 12.8. The molecule has 1 aromatic rings. The van der Waals surface area contributed by atoms with Gasteiger partial charge in [-0.2, -0.15) is 4.31 Å². The van der Waals surface area contributed by atoms with E-state index in [9.17, 15) is 13.2 Å². The molecule has 0 aromatic heterocycles. The van der Waals surface area contributed by atoms with Gasteiger partial charge < -0.3 is 5.32 Å². The summed E-state index contributed by atoms with van der Waals surface area (Å²) in [5.74, 6) is 0.194. The summed E-state index contributed by atoms with van der Waals surface area (Å²) in [6, 6.07) is 5.02. The van der Waals surface area contributed by atoms with Crippen LogP contribution in [0, 0.1) is 18.8 Å². The van der Waals surface area contributed by atoms with Crippen LogP contribution in [0.25, 0.3) is 0 Å². The maximum absolute atomic E-state index is 13.0. The Morgan fingerprint density at radius 3 is 2.63 bits per heavy atom. The van der Waals surface area contributed by atoms with Crippen LogP contribution in [0.15, 0.2) is 23.1 Å². The number of halogens is 1. The van der Waals surface area contributed by atoms with Crippen molar-refractivity contribution in [2.24, 2.45) is 11.8 Å². The Morgan fingerprint density at radius 2 is 1.93 bits per heavy atom. The lowest BCUT2D eigenvalue weighted by molar-refractivity contribution is -0.127. The molecule has 5 nitrogen and oxygen atoms in total. The smallest absolute Gasteiger partial charge is 0.243 e. The van der Waals surface area contributed by atoms with Gasteiger partial charge in [-0.1, -0.05) is 37.4 Å². The average molecular weight is 413 g/mol. The Balaban J connectivity index is 1.69. The number of nitrogens with one attached hydrogen (secondary N) is 1. The van der Waals surface area contributed by atoms with Crippen molar-refractivity contribution in [3.8, 4) is 0 Å². The Labute approximate surface area is 167 Å². The standard InChI is InChI=1S/C20H29ClN2O3S/c1-14-9-10-17(12-18(14)21)27(25,26)23-11-5-7-16(13-23)20(24)22-19-8-4-3-6-15(19)2/h9-10,12,15-16,19H,3-8,11,13H2,1-2H3,(H,22,24)/t15-,16-,19-/m1/s1. The summed E-state index contributed by atoms with van der Waals surface area (Å²) >= 11 is 6.11. The van der Waals surface area contributed by atoms with E-state index in [1.807, 2.05) is 6.92 Å². The molecular formula is C20H29ClN2O3S. The van der Waals surface area contributed by atoms with Crippen LogP contribution in [0.2, 0.25) is 5.02 Å². The predicted octanol–water partition coefficient (Wildman–Crippen LogP) is 3.74. The number of nitrogens with zero attached hydrogens (tertiary/aromatic N) is 1. The molecule has 0 spiro atoms. The second-order valence-electron chi connectivity index (χ2n) is 7.99. The molecule has 1 N–H and O–H groups in total. The molecule has 1 aromatic carbocycles. The zero-order valence-corrected chi connectivity index (χ0v) is 17.7. The molecule has 3 atom stereocenters. The van der Waals surface area contributed by atoms with E-state index in [2.05, 4.69) is 12.2 Å². The van der Waals surface area contributed by atoms with Crippen LogP contribution in [0.5, 0.6) is 0 Å². The fourth-order valence-electron chi connectivity index (χ4n) is 4.09. The van der Waals surface area contributed by atoms with Crippen molar-refractivity contribution in [1.82, 2.24) is 9.62 Å². The van der Waals surface area contributed by atoms with E-state index in [1.165, 1.54) is 16.8 Å². The molecule has 150 valence electrons. The number of hydrogen-bond acceptors (Lipinski definition) is 3. The van der Waals surface area contributed by atoms with E-state index >= 15 is 0 Å². The number of carbonyl (C=O) groups excluding carboxylic acids is 1. The SMILES string of the molecule is Cc1ccc(S(=O)(=O)N2CCC[C@@H](C(=O)N[C@@H]3CCCC[C@H]3C)C2)cc1Cl. The van der Waals surface area contributed by atoms with Gasteiger partial charge in [-0.3, -0.25) is 4.79 Å². The molecular weight excluding hydrogens is 384 g/mol. The van der Waals surface area contributed by atoms with Crippen LogP contribution in [0.3, 0.4) is 0 Å². The quantitative estimate of drug-likeness (QED) is 0.818. The predicted molar refractivity (Wildman–Crippen MR) is 107 cm³/mol. The van der Waals surface area contributed by atoms with Gasteiger partial charge >= 0.3 is 0 Å². The van der Waals surface area contributed by atoms with E-state index in [1.54, 1.807) is 12.1 Å². The van der Waals surface area contributed by atoms with Crippen molar-refractivity contribution >= 4 is 27.5 Å². The molecule has 0 unspecified atom stereocenters. The number of carbonyl (C=O) groups is 1. The summed E-state index contributed by atoms with van der Waals surface area (Å²) in [4.78, 5) is 13.0. The van der Waals surface area contributed by atoms with Gasteiger partial charge in [0.2, 0.25) is 15.9 Å². The van der Waals surface area contributed by atoms with Gasteiger partial charge in [0.25, 0.3) is 0 Å². The number of hydrogen-bond donors (Lipinski definition) is 1. The monoisotopic (exact) mass is 412 g/mol. The van der Waals surface area contributed by atoms with E-state index in [0.29, 0.717) is 23.9 Å². The van der Waals surface area contributed by atoms with Crippen LogP contribution >= 0.6 is 11.6 Å². The highest BCUT2D eigenvalue weighted by atomic mass is 35.5. The molecule has 3 rings (SSSR count). The lowest BCUT2D eigenvalue weighted by Gasteiger charge is -2.34. The van der Waals surface area contributed by atoms with Crippen LogP contribution in [-0.2, 0) is 14.8 Å². The number of sulfonamides is 1. The molecule has 1 aliphatic heterocycles. The molecule has 1 saturated carbocycles. The van der Waals surface area contributed by atoms with Crippen molar-refractivity contribution in [1.29, 1.82) is 0 Å². The highest BCUT2D eigenvalue weighted by Crippen LogP contribution is 2.28. The number of benzene rings is 1. The summed E-state index contributed by atoms with van der Waals surface area (Å²) in [5, 5.41) is 3.62. The molecule has 7 heteroatoms. The van der Waals surface area contributed by atoms with Crippen LogP contribution in [0.4, 0.5) is 0 Å². The first-order valence-electron chi connectivity index (χ1n) is 9.85. The van der Waals surface area contributed by atoms with Crippen molar-refractivity contribution in [3.05, 3.63) is 28.8 Å². The lowest BCUT2D eigenvalue weighted by Crippen LogP contribution is -2.49. The Morgan fingerprint density at radius 1 is 1.19 bits per heavy atom. The second-order valence-corrected chi connectivity index (χ2v) is 10.3. The molecule has 2 aliphatic rings. The number of aryl methyl sites for hydroxylation is 1. The average Bonchev–Trinajstić information content (AvgIpc) is 2.65. The Hall–Kier alpha value is -1.11.